The minimum atomic E-state index is -1.21. The van der Waals surface area contributed by atoms with E-state index in [1.807, 2.05) is 88.4 Å². The molecule has 0 spiro atoms. The second-order valence-electron chi connectivity index (χ2n) is 9.27. The summed E-state index contributed by atoms with van der Waals surface area (Å²) in [5.41, 5.74) is 1.42. The van der Waals surface area contributed by atoms with Crippen molar-refractivity contribution in [3.05, 3.63) is 71.8 Å². The van der Waals surface area contributed by atoms with E-state index in [0.29, 0.717) is 6.54 Å². The lowest BCUT2D eigenvalue weighted by molar-refractivity contribution is -0.134. The van der Waals surface area contributed by atoms with Gasteiger partial charge in [-0.05, 0) is 38.8 Å². The average molecular weight is 440 g/mol. The molecule has 2 aromatic carbocycles. The molecule has 3 unspecified atom stereocenters. The molecule has 1 aliphatic rings. The van der Waals surface area contributed by atoms with Crippen LogP contribution >= 0.6 is 0 Å². The van der Waals surface area contributed by atoms with Crippen LogP contribution in [-0.4, -0.2) is 52.0 Å². The van der Waals surface area contributed by atoms with Crippen molar-refractivity contribution in [1.29, 1.82) is 0 Å². The highest BCUT2D eigenvalue weighted by Gasteiger charge is 2.44. The van der Waals surface area contributed by atoms with E-state index in [-0.39, 0.29) is 18.5 Å². The van der Waals surface area contributed by atoms with Gasteiger partial charge in [0, 0.05) is 18.5 Å². The van der Waals surface area contributed by atoms with Crippen LogP contribution in [0.25, 0.3) is 0 Å². The van der Waals surface area contributed by atoms with Gasteiger partial charge in [-0.25, -0.2) is 4.79 Å². The van der Waals surface area contributed by atoms with Crippen molar-refractivity contribution in [2.24, 2.45) is 0 Å². The van der Waals surface area contributed by atoms with Gasteiger partial charge in [0.1, 0.15) is 18.2 Å². The number of hydrogen-bond donors (Lipinski definition) is 3. The van der Waals surface area contributed by atoms with Crippen LogP contribution in [0.4, 0.5) is 4.79 Å². The number of amides is 2. The van der Waals surface area contributed by atoms with Crippen LogP contribution in [0.2, 0.25) is 0 Å². The van der Waals surface area contributed by atoms with E-state index in [0.717, 1.165) is 11.1 Å². The lowest BCUT2D eigenvalue weighted by atomic mass is 9.98. The normalized spacial score (nSPS) is 20.7. The summed E-state index contributed by atoms with van der Waals surface area (Å²) in [6.07, 6.45) is -2.71. The van der Waals surface area contributed by atoms with Gasteiger partial charge in [-0.3, -0.25) is 10.1 Å². The van der Waals surface area contributed by atoms with Crippen molar-refractivity contribution < 1.29 is 19.4 Å². The van der Waals surface area contributed by atoms with Crippen molar-refractivity contribution >= 4 is 12.0 Å². The van der Waals surface area contributed by atoms with Gasteiger partial charge >= 0.3 is 6.09 Å². The maximum atomic E-state index is 13.2. The van der Waals surface area contributed by atoms with Gasteiger partial charge in [0.25, 0.3) is 0 Å². The monoisotopic (exact) mass is 439 g/mol. The van der Waals surface area contributed by atoms with Crippen molar-refractivity contribution in [3.8, 4) is 0 Å². The molecular formula is C25H33N3O4. The number of nitrogens with one attached hydrogen (secondary N) is 2. The molecule has 1 fully saturated rings. The first-order chi connectivity index (χ1) is 15.1. The summed E-state index contributed by atoms with van der Waals surface area (Å²) in [4.78, 5) is 27.3. The van der Waals surface area contributed by atoms with Crippen molar-refractivity contribution in [1.82, 2.24) is 15.5 Å². The summed E-state index contributed by atoms with van der Waals surface area (Å²) in [5, 5.41) is 17.1. The molecular weight excluding hydrogens is 406 g/mol. The number of ether oxygens (including phenoxy) is 1. The number of rotatable bonds is 7. The molecule has 0 aliphatic carbocycles. The van der Waals surface area contributed by atoms with E-state index in [9.17, 15) is 14.7 Å². The molecule has 7 heteroatoms. The molecule has 172 valence electrons. The second kappa shape index (κ2) is 10.1. The van der Waals surface area contributed by atoms with Gasteiger partial charge in [0.15, 0.2) is 0 Å². The number of carbonyl (C=O) groups is 2. The first-order valence-electron chi connectivity index (χ1n) is 11.0. The third-order valence-electron chi connectivity index (χ3n) is 5.37. The second-order valence-corrected chi connectivity index (χ2v) is 9.27. The van der Waals surface area contributed by atoms with Crippen LogP contribution < -0.4 is 10.6 Å². The molecule has 32 heavy (non-hydrogen) atoms. The third-order valence-corrected chi connectivity index (χ3v) is 5.37. The molecule has 0 bridgehead atoms. The fourth-order valence-corrected chi connectivity index (χ4v) is 3.80. The maximum absolute atomic E-state index is 13.2. The molecule has 3 N–H and O–H groups in total. The summed E-state index contributed by atoms with van der Waals surface area (Å²) in [6.45, 7) is 7.87. The van der Waals surface area contributed by atoms with Crippen molar-refractivity contribution in [2.75, 3.05) is 0 Å². The van der Waals surface area contributed by atoms with E-state index in [2.05, 4.69) is 10.6 Å². The number of aliphatic hydroxyl groups is 1. The number of benzene rings is 2. The Hall–Kier alpha value is -2.90. The lowest BCUT2D eigenvalue weighted by Gasteiger charge is -2.28. The average Bonchev–Trinajstić information content (AvgIpc) is 3.01. The summed E-state index contributed by atoms with van der Waals surface area (Å²) in [6, 6.07) is 18.3. The molecule has 1 aliphatic heterocycles. The first kappa shape index (κ1) is 23.8. The van der Waals surface area contributed by atoms with E-state index in [4.69, 9.17) is 4.74 Å². The Morgan fingerprint density at radius 1 is 1.09 bits per heavy atom. The zero-order valence-electron chi connectivity index (χ0n) is 19.1. The van der Waals surface area contributed by atoms with Crippen LogP contribution in [0, 0.1) is 0 Å². The largest absolute Gasteiger partial charge is 0.443 e. The molecule has 1 heterocycles. The molecule has 4 atom stereocenters. The smallest absolute Gasteiger partial charge is 0.407 e. The number of aliphatic hydroxyl groups excluding tert-OH is 1. The molecule has 2 aromatic rings. The molecule has 7 nitrogen and oxygen atoms in total. The van der Waals surface area contributed by atoms with Crippen LogP contribution in [0.5, 0.6) is 0 Å². The Kier molecular flexibility index (Phi) is 7.53. The summed E-state index contributed by atoms with van der Waals surface area (Å²) in [5.74, 6) is -0.216. The van der Waals surface area contributed by atoms with Gasteiger partial charge in [0.2, 0.25) is 5.91 Å². The van der Waals surface area contributed by atoms with Crippen molar-refractivity contribution in [2.45, 2.75) is 70.6 Å². The highest BCUT2D eigenvalue weighted by Crippen LogP contribution is 2.21. The molecule has 0 aromatic heterocycles. The molecule has 3 rings (SSSR count). The summed E-state index contributed by atoms with van der Waals surface area (Å²) >= 11 is 0. The topological polar surface area (TPSA) is 90.9 Å². The number of alkyl carbamates (subject to hydrolysis) is 1. The van der Waals surface area contributed by atoms with Crippen LogP contribution in [0.1, 0.15) is 38.8 Å². The van der Waals surface area contributed by atoms with Gasteiger partial charge < -0.3 is 20.1 Å². The molecule has 1 saturated heterocycles. The highest BCUT2D eigenvalue weighted by atomic mass is 16.6. The third kappa shape index (κ3) is 6.31. The van der Waals surface area contributed by atoms with Gasteiger partial charge in [-0.1, -0.05) is 60.7 Å². The Labute approximate surface area is 189 Å². The zero-order chi connectivity index (χ0) is 23.3. The fraction of sp³-hybridized carbons (Fsp3) is 0.440. The quantitative estimate of drug-likeness (QED) is 0.617. The summed E-state index contributed by atoms with van der Waals surface area (Å²) in [7, 11) is 0. The van der Waals surface area contributed by atoms with E-state index >= 15 is 0 Å². The number of nitrogens with zero attached hydrogens (tertiary/aromatic N) is 1. The summed E-state index contributed by atoms with van der Waals surface area (Å²) < 4.78 is 5.63. The standard InChI is InChI=1S/C25H33N3O4/c1-17-26-21(23(30)28(17)16-19-13-9-6-10-14-19)22(29)20(15-18-11-7-5-8-12-18)32-24(31)27-25(2,3)4/h5-14,17,20-22,26,29H,15-16H2,1-4H3,(H,27,31)/t17?,20?,21-,22?/m0/s1. The Morgan fingerprint density at radius 2 is 1.66 bits per heavy atom. The van der Waals surface area contributed by atoms with Crippen molar-refractivity contribution in [3.63, 3.8) is 0 Å². The molecule has 2 amide bonds. The fourth-order valence-electron chi connectivity index (χ4n) is 3.80. The van der Waals surface area contributed by atoms with Gasteiger partial charge in [0.05, 0.1) is 6.17 Å². The Balaban J connectivity index is 1.76. The van der Waals surface area contributed by atoms with E-state index < -0.39 is 29.9 Å². The Bertz CT molecular complexity index is 898. The predicted molar refractivity (Wildman–Crippen MR) is 123 cm³/mol. The number of hydrogen-bond acceptors (Lipinski definition) is 5. The molecule has 0 saturated carbocycles. The highest BCUT2D eigenvalue weighted by molar-refractivity contribution is 5.85. The van der Waals surface area contributed by atoms with E-state index in [1.165, 1.54) is 0 Å². The number of carbonyl (C=O) groups excluding carboxylic acids is 2. The first-order valence-corrected chi connectivity index (χ1v) is 11.0. The zero-order valence-corrected chi connectivity index (χ0v) is 19.1. The van der Waals surface area contributed by atoms with E-state index in [1.54, 1.807) is 4.90 Å². The van der Waals surface area contributed by atoms with Gasteiger partial charge in [-0.2, -0.15) is 0 Å². The van der Waals surface area contributed by atoms with Crippen LogP contribution in [-0.2, 0) is 22.5 Å². The minimum Gasteiger partial charge on any atom is -0.443 e. The maximum Gasteiger partial charge on any atom is 0.407 e. The van der Waals surface area contributed by atoms with Crippen LogP contribution in [0.3, 0.4) is 0 Å². The predicted octanol–water partition coefficient (Wildman–Crippen LogP) is 2.83. The van der Waals surface area contributed by atoms with Crippen LogP contribution in [0.15, 0.2) is 60.7 Å². The minimum absolute atomic E-state index is 0.216. The SMILES string of the molecule is CC1N[C@@H](C(O)C(Cc2ccccc2)OC(=O)NC(C)(C)C)C(=O)N1Cc1ccccc1. The Morgan fingerprint density at radius 3 is 2.22 bits per heavy atom. The van der Waals surface area contributed by atoms with Gasteiger partial charge in [-0.15, -0.1) is 0 Å². The lowest BCUT2D eigenvalue weighted by Crippen LogP contribution is -2.51. The molecule has 0 radical (unpaired) electrons.